The maximum atomic E-state index is 12.7. The molecule has 134 valence electrons. The third kappa shape index (κ3) is 3.27. The summed E-state index contributed by atoms with van der Waals surface area (Å²) in [5, 5.41) is 0. The summed E-state index contributed by atoms with van der Waals surface area (Å²) in [5.41, 5.74) is 2.50. The van der Waals surface area contributed by atoms with Crippen molar-refractivity contribution in [2.45, 2.75) is 34.6 Å². The Morgan fingerprint density at radius 2 is 1.77 bits per heavy atom. The van der Waals surface area contributed by atoms with Crippen molar-refractivity contribution in [1.82, 2.24) is 0 Å². The van der Waals surface area contributed by atoms with Crippen molar-refractivity contribution in [1.29, 1.82) is 0 Å². The number of ether oxygens (including phenoxy) is 2. The Balaban J connectivity index is 1.94. The highest BCUT2D eigenvalue weighted by Crippen LogP contribution is 2.39. The van der Waals surface area contributed by atoms with Gasteiger partial charge in [-0.1, -0.05) is 24.3 Å². The number of hydrogen-bond acceptors (Lipinski definition) is 4. The summed E-state index contributed by atoms with van der Waals surface area (Å²) >= 11 is 0. The van der Waals surface area contributed by atoms with Crippen LogP contribution in [0, 0.1) is 19.3 Å². The van der Waals surface area contributed by atoms with Crippen LogP contribution >= 0.6 is 0 Å². The summed E-state index contributed by atoms with van der Waals surface area (Å²) in [5.74, 6) is 0.639. The standard InChI is InChI=1S/C22H22O4/c1-13-8-6-7-9-15(13)12-18-19(23)16-10-11-17(14(2)20(16)25-18)26-21(24)22(3,4)5/h6-12H,1-5H3/b18-12-. The number of fused-ring (bicyclic) bond motifs is 1. The SMILES string of the molecule is Cc1ccccc1/C=C1\Oc2c(ccc(OC(=O)C(C)(C)C)c2C)C1=O. The normalized spacial score (nSPS) is 15.0. The third-order valence-electron chi connectivity index (χ3n) is 4.33. The first-order valence-electron chi connectivity index (χ1n) is 8.54. The zero-order valence-corrected chi connectivity index (χ0v) is 15.7. The van der Waals surface area contributed by atoms with Crippen LogP contribution in [0.1, 0.15) is 47.8 Å². The average molecular weight is 350 g/mol. The van der Waals surface area contributed by atoms with Crippen LogP contribution in [0.4, 0.5) is 0 Å². The molecule has 0 aromatic heterocycles. The molecule has 0 fully saturated rings. The van der Waals surface area contributed by atoms with Crippen molar-refractivity contribution >= 4 is 17.8 Å². The molecule has 26 heavy (non-hydrogen) atoms. The van der Waals surface area contributed by atoms with Gasteiger partial charge < -0.3 is 9.47 Å². The molecule has 2 aromatic rings. The van der Waals surface area contributed by atoms with Crippen molar-refractivity contribution in [2.24, 2.45) is 5.41 Å². The summed E-state index contributed by atoms with van der Waals surface area (Å²) in [6.07, 6.45) is 1.75. The lowest BCUT2D eigenvalue weighted by molar-refractivity contribution is -0.143. The Labute approximate surface area is 153 Å². The lowest BCUT2D eigenvalue weighted by Gasteiger charge is -2.17. The number of benzene rings is 2. The Morgan fingerprint density at radius 3 is 2.42 bits per heavy atom. The number of rotatable bonds is 2. The number of esters is 1. The number of allylic oxidation sites excluding steroid dienone is 1. The average Bonchev–Trinajstić information content (AvgIpc) is 2.88. The molecule has 0 unspecified atom stereocenters. The Hall–Kier alpha value is -2.88. The van der Waals surface area contributed by atoms with E-state index in [0.29, 0.717) is 22.6 Å². The molecule has 0 bridgehead atoms. The van der Waals surface area contributed by atoms with E-state index in [4.69, 9.17) is 9.47 Å². The minimum atomic E-state index is -0.613. The van der Waals surface area contributed by atoms with Gasteiger partial charge in [-0.15, -0.1) is 0 Å². The molecule has 0 N–H and O–H groups in total. The molecule has 1 heterocycles. The van der Waals surface area contributed by atoms with E-state index in [1.54, 1.807) is 45.9 Å². The largest absolute Gasteiger partial charge is 0.452 e. The number of aryl methyl sites for hydroxylation is 1. The van der Waals surface area contributed by atoms with Crippen molar-refractivity contribution in [3.8, 4) is 11.5 Å². The third-order valence-corrected chi connectivity index (χ3v) is 4.33. The molecule has 2 aromatic carbocycles. The van der Waals surface area contributed by atoms with Crippen LogP contribution in [-0.4, -0.2) is 11.8 Å². The van der Waals surface area contributed by atoms with Gasteiger partial charge >= 0.3 is 5.97 Å². The van der Waals surface area contributed by atoms with Crippen LogP contribution in [0.25, 0.3) is 6.08 Å². The van der Waals surface area contributed by atoms with Gasteiger partial charge in [-0.2, -0.15) is 0 Å². The van der Waals surface area contributed by atoms with Crippen LogP contribution in [-0.2, 0) is 4.79 Å². The highest BCUT2D eigenvalue weighted by atomic mass is 16.5. The predicted molar refractivity (Wildman–Crippen MR) is 100 cm³/mol. The van der Waals surface area contributed by atoms with Gasteiger partial charge in [-0.3, -0.25) is 9.59 Å². The second-order valence-electron chi connectivity index (χ2n) is 7.50. The van der Waals surface area contributed by atoms with Gasteiger partial charge in [0.15, 0.2) is 5.76 Å². The highest BCUT2D eigenvalue weighted by molar-refractivity contribution is 6.15. The van der Waals surface area contributed by atoms with Gasteiger partial charge in [0.2, 0.25) is 5.78 Å². The van der Waals surface area contributed by atoms with Gasteiger partial charge in [-0.05, 0) is 64.0 Å². The molecular weight excluding hydrogens is 328 g/mol. The lowest BCUT2D eigenvalue weighted by atomic mass is 9.97. The fraction of sp³-hybridized carbons (Fsp3) is 0.273. The Morgan fingerprint density at radius 1 is 1.08 bits per heavy atom. The number of Topliss-reactive ketones (excluding diaryl/α,β-unsaturated/α-hetero) is 1. The van der Waals surface area contributed by atoms with Crippen molar-refractivity contribution in [2.75, 3.05) is 0 Å². The van der Waals surface area contributed by atoms with E-state index < -0.39 is 5.41 Å². The second kappa shape index (κ2) is 6.45. The summed E-state index contributed by atoms with van der Waals surface area (Å²) < 4.78 is 11.3. The van der Waals surface area contributed by atoms with Crippen LogP contribution in [0.2, 0.25) is 0 Å². The molecule has 0 saturated heterocycles. The molecular formula is C22H22O4. The lowest BCUT2D eigenvalue weighted by Crippen LogP contribution is -2.25. The molecule has 1 aliphatic heterocycles. The number of ketones is 1. The second-order valence-corrected chi connectivity index (χ2v) is 7.50. The molecule has 0 saturated carbocycles. The zero-order valence-electron chi connectivity index (χ0n) is 15.7. The van der Waals surface area contributed by atoms with Crippen molar-refractivity contribution in [3.63, 3.8) is 0 Å². The quantitative estimate of drug-likeness (QED) is 0.440. The van der Waals surface area contributed by atoms with Gasteiger partial charge in [0.05, 0.1) is 11.0 Å². The number of carbonyl (C=O) groups excluding carboxylic acids is 2. The van der Waals surface area contributed by atoms with Crippen molar-refractivity contribution in [3.05, 3.63) is 64.4 Å². The molecule has 0 atom stereocenters. The first-order valence-corrected chi connectivity index (χ1v) is 8.54. The summed E-state index contributed by atoms with van der Waals surface area (Å²) in [4.78, 5) is 24.8. The molecule has 0 spiro atoms. The summed E-state index contributed by atoms with van der Waals surface area (Å²) in [6.45, 7) is 9.14. The fourth-order valence-electron chi connectivity index (χ4n) is 2.62. The smallest absolute Gasteiger partial charge is 0.316 e. The molecule has 0 amide bonds. The van der Waals surface area contributed by atoms with E-state index in [9.17, 15) is 9.59 Å². The van der Waals surface area contributed by atoms with Crippen LogP contribution in [0.15, 0.2) is 42.2 Å². The first kappa shape index (κ1) is 17.9. The molecule has 4 heteroatoms. The van der Waals surface area contributed by atoms with E-state index in [0.717, 1.165) is 11.1 Å². The minimum absolute atomic E-state index is 0.167. The molecule has 3 rings (SSSR count). The van der Waals surface area contributed by atoms with Crippen LogP contribution in [0.3, 0.4) is 0 Å². The van der Waals surface area contributed by atoms with Gasteiger partial charge in [0, 0.05) is 5.56 Å². The van der Waals surface area contributed by atoms with Gasteiger partial charge in [0.1, 0.15) is 11.5 Å². The van der Waals surface area contributed by atoms with Crippen molar-refractivity contribution < 1.29 is 19.1 Å². The molecule has 1 aliphatic rings. The molecule has 0 radical (unpaired) electrons. The highest BCUT2D eigenvalue weighted by Gasteiger charge is 2.31. The van der Waals surface area contributed by atoms with E-state index >= 15 is 0 Å². The fourth-order valence-corrected chi connectivity index (χ4v) is 2.62. The number of hydrogen-bond donors (Lipinski definition) is 0. The van der Waals surface area contributed by atoms with E-state index in [1.165, 1.54) is 0 Å². The maximum Gasteiger partial charge on any atom is 0.316 e. The first-order chi connectivity index (χ1) is 12.2. The Bertz CT molecular complexity index is 930. The van der Waals surface area contributed by atoms with E-state index in [2.05, 4.69) is 0 Å². The maximum absolute atomic E-state index is 12.7. The molecule has 0 aliphatic carbocycles. The topological polar surface area (TPSA) is 52.6 Å². The van der Waals surface area contributed by atoms with E-state index in [-0.39, 0.29) is 17.5 Å². The van der Waals surface area contributed by atoms with Gasteiger partial charge in [0.25, 0.3) is 0 Å². The molecule has 4 nitrogen and oxygen atoms in total. The summed E-state index contributed by atoms with van der Waals surface area (Å²) in [7, 11) is 0. The minimum Gasteiger partial charge on any atom is -0.452 e. The Kier molecular flexibility index (Phi) is 4.45. The van der Waals surface area contributed by atoms with Crippen LogP contribution < -0.4 is 9.47 Å². The monoisotopic (exact) mass is 350 g/mol. The van der Waals surface area contributed by atoms with Crippen LogP contribution in [0.5, 0.6) is 11.5 Å². The van der Waals surface area contributed by atoms with E-state index in [1.807, 2.05) is 31.2 Å². The zero-order chi connectivity index (χ0) is 19.1. The van der Waals surface area contributed by atoms with Gasteiger partial charge in [-0.25, -0.2) is 0 Å². The predicted octanol–water partition coefficient (Wildman–Crippen LogP) is 4.87. The summed E-state index contributed by atoms with van der Waals surface area (Å²) in [6, 6.07) is 11.1. The number of carbonyl (C=O) groups is 2.